The molecule has 1 aliphatic heterocycles. The fourth-order valence-electron chi connectivity index (χ4n) is 2.49. The summed E-state index contributed by atoms with van der Waals surface area (Å²) in [5, 5.41) is 2.90. The van der Waals surface area contributed by atoms with Gasteiger partial charge in [-0.25, -0.2) is 8.42 Å². The van der Waals surface area contributed by atoms with E-state index in [1.807, 2.05) is 30.3 Å². The third-order valence-electron chi connectivity index (χ3n) is 3.83. The number of sulfone groups is 1. The lowest BCUT2D eigenvalue weighted by Crippen LogP contribution is -2.40. The van der Waals surface area contributed by atoms with Crippen LogP contribution < -0.4 is 11.1 Å². The van der Waals surface area contributed by atoms with Crippen LogP contribution >= 0.6 is 0 Å². The van der Waals surface area contributed by atoms with Gasteiger partial charge in [0, 0.05) is 18.5 Å². The first-order valence-electron chi connectivity index (χ1n) is 7.26. The van der Waals surface area contributed by atoms with E-state index >= 15 is 0 Å². The zero-order valence-corrected chi connectivity index (χ0v) is 12.8. The smallest absolute Gasteiger partial charge is 0.220 e. The third kappa shape index (κ3) is 5.13. The minimum Gasteiger partial charge on any atom is -0.353 e. The lowest BCUT2D eigenvalue weighted by molar-refractivity contribution is -0.122. The van der Waals surface area contributed by atoms with Crippen molar-refractivity contribution >= 4 is 15.7 Å². The zero-order valence-electron chi connectivity index (χ0n) is 12.0. The number of benzene rings is 1. The molecule has 6 heteroatoms. The molecule has 1 aromatic carbocycles. The molecule has 0 bridgehead atoms. The molecule has 0 aliphatic carbocycles. The van der Waals surface area contributed by atoms with Gasteiger partial charge in [0.1, 0.15) is 9.84 Å². The molecule has 2 rings (SSSR count). The Balaban J connectivity index is 1.73. The molecule has 116 valence electrons. The van der Waals surface area contributed by atoms with Crippen molar-refractivity contribution in [3.63, 3.8) is 0 Å². The minimum absolute atomic E-state index is 0.0195. The van der Waals surface area contributed by atoms with E-state index in [4.69, 9.17) is 5.73 Å². The van der Waals surface area contributed by atoms with E-state index in [9.17, 15) is 13.2 Å². The summed E-state index contributed by atoms with van der Waals surface area (Å²) in [4.78, 5) is 11.9. The Labute approximate surface area is 125 Å². The number of nitrogens with two attached hydrogens (primary N) is 1. The molecule has 1 amide bonds. The minimum atomic E-state index is -2.88. The molecule has 1 heterocycles. The maximum Gasteiger partial charge on any atom is 0.220 e. The summed E-state index contributed by atoms with van der Waals surface area (Å²) in [7, 11) is -2.88. The quantitative estimate of drug-likeness (QED) is 0.854. The molecular formula is C15H22N2O3S. The van der Waals surface area contributed by atoms with Gasteiger partial charge >= 0.3 is 0 Å². The topological polar surface area (TPSA) is 89.3 Å². The average molecular weight is 310 g/mol. The van der Waals surface area contributed by atoms with Crippen molar-refractivity contribution in [1.82, 2.24) is 5.32 Å². The second kappa shape index (κ2) is 7.04. The molecule has 0 radical (unpaired) electrons. The Hall–Kier alpha value is -1.40. The first-order valence-corrected chi connectivity index (χ1v) is 9.09. The largest absolute Gasteiger partial charge is 0.353 e. The van der Waals surface area contributed by atoms with Gasteiger partial charge in [0.25, 0.3) is 0 Å². The van der Waals surface area contributed by atoms with E-state index in [0.717, 1.165) is 5.56 Å². The molecule has 1 fully saturated rings. The van der Waals surface area contributed by atoms with Crippen LogP contribution in [-0.4, -0.2) is 31.9 Å². The molecule has 21 heavy (non-hydrogen) atoms. The van der Waals surface area contributed by atoms with Crippen molar-refractivity contribution in [2.75, 3.05) is 11.5 Å². The van der Waals surface area contributed by atoms with Gasteiger partial charge in [0.2, 0.25) is 5.91 Å². The molecule has 1 aliphatic rings. The van der Waals surface area contributed by atoms with E-state index in [-0.39, 0.29) is 29.5 Å². The van der Waals surface area contributed by atoms with Crippen LogP contribution in [0.3, 0.4) is 0 Å². The second-order valence-corrected chi connectivity index (χ2v) is 7.85. The molecule has 5 nitrogen and oxygen atoms in total. The fraction of sp³-hybridized carbons (Fsp3) is 0.533. The molecule has 0 spiro atoms. The number of carbonyl (C=O) groups excluding carboxylic acids is 1. The summed E-state index contributed by atoms with van der Waals surface area (Å²) in [6.07, 6.45) is 1.97. The summed E-state index contributed by atoms with van der Waals surface area (Å²) in [6.45, 7) is 0. The Morgan fingerprint density at radius 2 is 1.86 bits per heavy atom. The predicted molar refractivity (Wildman–Crippen MR) is 82.4 cm³/mol. The summed E-state index contributed by atoms with van der Waals surface area (Å²) < 4.78 is 22.6. The summed E-state index contributed by atoms with van der Waals surface area (Å²) >= 11 is 0. The highest BCUT2D eigenvalue weighted by Gasteiger charge is 2.24. The van der Waals surface area contributed by atoms with Crippen LogP contribution in [0, 0.1) is 0 Å². The molecule has 1 atom stereocenters. The second-order valence-electron chi connectivity index (χ2n) is 5.55. The monoisotopic (exact) mass is 310 g/mol. The van der Waals surface area contributed by atoms with E-state index in [2.05, 4.69) is 5.32 Å². The van der Waals surface area contributed by atoms with Crippen LogP contribution in [0.25, 0.3) is 0 Å². The lowest BCUT2D eigenvalue weighted by Gasteiger charge is -2.23. The standard InChI is InChI=1S/C15H22N2O3S/c16-14(12-4-2-1-3-5-12)6-7-15(18)17-13-8-10-21(19,20)11-9-13/h1-5,13-14H,6-11,16H2,(H,17,18). The van der Waals surface area contributed by atoms with Crippen LogP contribution in [0.5, 0.6) is 0 Å². The number of hydrogen-bond donors (Lipinski definition) is 2. The Bertz CT molecular complexity index is 558. The SMILES string of the molecule is NC(CCC(=O)NC1CCS(=O)(=O)CC1)c1ccccc1. The van der Waals surface area contributed by atoms with Gasteiger partial charge in [0.15, 0.2) is 0 Å². The van der Waals surface area contributed by atoms with Crippen molar-refractivity contribution in [1.29, 1.82) is 0 Å². The van der Waals surface area contributed by atoms with Crippen molar-refractivity contribution < 1.29 is 13.2 Å². The molecule has 3 N–H and O–H groups in total. The van der Waals surface area contributed by atoms with E-state index in [1.54, 1.807) is 0 Å². The Kier molecular flexibility index (Phi) is 5.36. The molecule has 0 saturated carbocycles. The highest BCUT2D eigenvalue weighted by Crippen LogP contribution is 2.16. The molecule has 0 aromatic heterocycles. The van der Waals surface area contributed by atoms with Crippen LogP contribution in [0.15, 0.2) is 30.3 Å². The highest BCUT2D eigenvalue weighted by atomic mass is 32.2. The number of amides is 1. The fourth-order valence-corrected chi connectivity index (χ4v) is 3.98. The maximum absolute atomic E-state index is 11.9. The van der Waals surface area contributed by atoms with Crippen LogP contribution in [-0.2, 0) is 14.6 Å². The van der Waals surface area contributed by atoms with Crippen molar-refractivity contribution in [2.45, 2.75) is 37.8 Å². The van der Waals surface area contributed by atoms with E-state index in [0.29, 0.717) is 25.7 Å². The first-order chi connectivity index (χ1) is 9.96. The number of carbonyl (C=O) groups is 1. The first kappa shape index (κ1) is 16.0. The van der Waals surface area contributed by atoms with Crippen LogP contribution in [0.2, 0.25) is 0 Å². The van der Waals surface area contributed by atoms with Crippen LogP contribution in [0.1, 0.15) is 37.3 Å². The molecular weight excluding hydrogens is 288 g/mol. The summed E-state index contributed by atoms with van der Waals surface area (Å²) in [5.74, 6) is 0.286. The van der Waals surface area contributed by atoms with Crippen LogP contribution in [0.4, 0.5) is 0 Å². The molecule has 1 aromatic rings. The zero-order chi connectivity index (χ0) is 15.3. The van der Waals surface area contributed by atoms with Gasteiger partial charge in [-0.2, -0.15) is 0 Å². The Morgan fingerprint density at radius 1 is 1.24 bits per heavy atom. The lowest BCUT2D eigenvalue weighted by atomic mass is 10.0. The van der Waals surface area contributed by atoms with Gasteiger partial charge < -0.3 is 11.1 Å². The van der Waals surface area contributed by atoms with Gasteiger partial charge in [-0.3, -0.25) is 4.79 Å². The molecule has 1 unspecified atom stereocenters. The third-order valence-corrected chi connectivity index (χ3v) is 5.55. The number of rotatable bonds is 5. The summed E-state index contributed by atoms with van der Waals surface area (Å²) in [6, 6.07) is 9.52. The van der Waals surface area contributed by atoms with Crippen molar-refractivity contribution in [3.05, 3.63) is 35.9 Å². The normalized spacial score (nSPS) is 19.9. The van der Waals surface area contributed by atoms with Crippen molar-refractivity contribution in [2.24, 2.45) is 5.73 Å². The highest BCUT2D eigenvalue weighted by molar-refractivity contribution is 7.91. The van der Waals surface area contributed by atoms with Gasteiger partial charge in [-0.05, 0) is 24.8 Å². The van der Waals surface area contributed by atoms with Gasteiger partial charge in [-0.1, -0.05) is 30.3 Å². The van der Waals surface area contributed by atoms with Gasteiger partial charge in [-0.15, -0.1) is 0 Å². The number of hydrogen-bond acceptors (Lipinski definition) is 4. The predicted octanol–water partition coefficient (Wildman–Crippen LogP) is 1.16. The van der Waals surface area contributed by atoms with E-state index < -0.39 is 9.84 Å². The molecule has 1 saturated heterocycles. The van der Waals surface area contributed by atoms with Gasteiger partial charge in [0.05, 0.1) is 11.5 Å². The van der Waals surface area contributed by atoms with E-state index in [1.165, 1.54) is 0 Å². The van der Waals surface area contributed by atoms with Crippen molar-refractivity contribution in [3.8, 4) is 0 Å². The average Bonchev–Trinajstić information content (AvgIpc) is 2.48. The Morgan fingerprint density at radius 3 is 2.48 bits per heavy atom. The summed E-state index contributed by atoms with van der Waals surface area (Å²) in [5.41, 5.74) is 7.07. The number of nitrogens with one attached hydrogen (secondary N) is 1. The maximum atomic E-state index is 11.9.